The number of halogens is 2. The summed E-state index contributed by atoms with van der Waals surface area (Å²) in [5, 5.41) is 51.0. The molecule has 0 radical (unpaired) electrons. The van der Waals surface area contributed by atoms with Gasteiger partial charge < -0.3 is 39.9 Å². The maximum Gasteiger partial charge on any atom is 0.222 e. The minimum atomic E-state index is -1.78. The van der Waals surface area contributed by atoms with Crippen LogP contribution in [0.3, 0.4) is 0 Å². The van der Waals surface area contributed by atoms with E-state index in [0.717, 1.165) is 64.8 Å². The molecule has 3 aromatic carbocycles. The van der Waals surface area contributed by atoms with Crippen LogP contribution in [0.5, 0.6) is 5.75 Å². The van der Waals surface area contributed by atoms with Crippen LogP contribution in [0.1, 0.15) is 67.2 Å². The van der Waals surface area contributed by atoms with Gasteiger partial charge in [-0.3, -0.25) is 9.78 Å². The molecule has 54 heavy (non-hydrogen) atoms. The smallest absolute Gasteiger partial charge is 0.222 e. The van der Waals surface area contributed by atoms with Gasteiger partial charge in [0.15, 0.2) is 0 Å². The summed E-state index contributed by atoms with van der Waals surface area (Å²) >= 11 is 13.5. The quantitative estimate of drug-likeness (QED) is 0.0683. The van der Waals surface area contributed by atoms with Crippen molar-refractivity contribution in [1.29, 1.82) is 0 Å². The number of unbranched alkanes of at least 4 members (excludes halogenated alkanes) is 1. The molecule has 2 fully saturated rings. The van der Waals surface area contributed by atoms with Crippen molar-refractivity contribution in [3.05, 3.63) is 117 Å². The maximum atomic E-state index is 13.4. The second kappa shape index (κ2) is 18.4. The molecule has 2 saturated carbocycles. The summed E-state index contributed by atoms with van der Waals surface area (Å²) in [5.41, 5.74) is 5.08. The first kappa shape index (κ1) is 40.1. The molecule has 0 bridgehead atoms. The van der Waals surface area contributed by atoms with Crippen molar-refractivity contribution in [2.45, 2.75) is 101 Å². The fourth-order valence-corrected chi connectivity index (χ4v) is 7.13. The van der Waals surface area contributed by atoms with Crippen LogP contribution >= 0.6 is 23.2 Å². The highest BCUT2D eigenvalue weighted by molar-refractivity contribution is 6.34. The molecular formula is C42H48Cl2N2O8. The molecule has 1 aromatic heterocycles. The van der Waals surface area contributed by atoms with Gasteiger partial charge in [0.05, 0.1) is 24.9 Å². The lowest BCUT2D eigenvalue weighted by atomic mass is 9.96. The average molecular weight is 780 g/mol. The molecule has 0 spiro atoms. The predicted molar refractivity (Wildman–Crippen MR) is 206 cm³/mol. The number of carbonyl (C=O) groups is 1. The summed E-state index contributed by atoms with van der Waals surface area (Å²) in [7, 11) is 0. The van der Waals surface area contributed by atoms with Crippen LogP contribution in [0.15, 0.2) is 85.2 Å². The Bertz CT molecular complexity index is 1860. The van der Waals surface area contributed by atoms with Crippen LogP contribution in [0.4, 0.5) is 0 Å². The molecule has 288 valence electrons. The van der Waals surface area contributed by atoms with Gasteiger partial charge in [-0.05, 0) is 91.5 Å². The van der Waals surface area contributed by atoms with Crippen molar-refractivity contribution in [2.24, 2.45) is 0 Å². The number of hydrogen-bond acceptors (Lipinski definition) is 9. The monoisotopic (exact) mass is 778 g/mol. The normalized spacial score (nSPS) is 17.0. The molecule has 4 atom stereocenters. The highest BCUT2D eigenvalue weighted by Gasteiger charge is 2.48. The summed E-state index contributed by atoms with van der Waals surface area (Å²) in [4.78, 5) is 19.2. The number of aliphatic hydroxyl groups excluding tert-OH is 5. The largest absolute Gasteiger partial charge is 0.490 e. The molecule has 2 aliphatic carbocycles. The van der Waals surface area contributed by atoms with E-state index in [2.05, 4.69) is 11.1 Å². The van der Waals surface area contributed by atoms with Crippen molar-refractivity contribution in [3.8, 4) is 16.9 Å². The Morgan fingerprint density at radius 1 is 0.870 bits per heavy atom. The minimum Gasteiger partial charge on any atom is -0.490 e. The van der Waals surface area contributed by atoms with E-state index in [0.29, 0.717) is 29.3 Å². The van der Waals surface area contributed by atoms with E-state index in [9.17, 15) is 25.2 Å². The van der Waals surface area contributed by atoms with E-state index in [1.54, 1.807) is 6.20 Å². The van der Waals surface area contributed by atoms with E-state index in [4.69, 9.17) is 37.8 Å². The number of rotatable bonds is 20. The predicted octanol–water partition coefficient (Wildman–Crippen LogP) is 5.98. The topological polar surface area (TPSA) is 153 Å². The van der Waals surface area contributed by atoms with Gasteiger partial charge in [0.1, 0.15) is 30.2 Å². The van der Waals surface area contributed by atoms with E-state index in [-0.39, 0.29) is 38.1 Å². The zero-order valence-electron chi connectivity index (χ0n) is 30.1. The third kappa shape index (κ3) is 10.2. The zero-order chi connectivity index (χ0) is 38.2. The fourth-order valence-electron chi connectivity index (χ4n) is 6.61. The highest BCUT2D eigenvalue weighted by Crippen LogP contribution is 2.53. The molecule has 1 amide bonds. The Kier molecular flexibility index (Phi) is 13.6. The first-order valence-corrected chi connectivity index (χ1v) is 19.3. The molecule has 0 aliphatic heterocycles. The van der Waals surface area contributed by atoms with Crippen LogP contribution in [0.2, 0.25) is 10.0 Å². The number of aryl methyl sites for hydroxylation is 1. The number of aromatic nitrogens is 1. The average Bonchev–Trinajstić information content (AvgIpc) is 4.14. The summed E-state index contributed by atoms with van der Waals surface area (Å²) in [6.07, 6.45) is 3.02. The molecule has 1 heterocycles. The molecule has 4 aromatic rings. The van der Waals surface area contributed by atoms with Gasteiger partial charge in [-0.25, -0.2) is 0 Å². The van der Waals surface area contributed by atoms with Crippen molar-refractivity contribution in [2.75, 3.05) is 13.2 Å². The van der Waals surface area contributed by atoms with Crippen LogP contribution in [-0.4, -0.2) is 85.0 Å². The first-order valence-electron chi connectivity index (χ1n) is 18.5. The van der Waals surface area contributed by atoms with Gasteiger partial charge in [0.2, 0.25) is 5.91 Å². The number of benzene rings is 3. The van der Waals surface area contributed by atoms with Gasteiger partial charge in [-0.2, -0.15) is 0 Å². The van der Waals surface area contributed by atoms with Gasteiger partial charge in [0.25, 0.3) is 0 Å². The Labute approximate surface area is 325 Å². The number of nitrogens with zero attached hydrogens (tertiary/aromatic N) is 2. The minimum absolute atomic E-state index is 0.171. The van der Waals surface area contributed by atoms with Gasteiger partial charge >= 0.3 is 0 Å². The van der Waals surface area contributed by atoms with Crippen molar-refractivity contribution in [1.82, 2.24) is 9.88 Å². The van der Waals surface area contributed by atoms with Gasteiger partial charge in [-0.1, -0.05) is 71.7 Å². The molecule has 2 aliphatic rings. The SMILES string of the molecule is O=C(CCCCc1cc(Cl)c(COC2(c3cnccc3-c3ccccc3OC3CC3)CC2)cc1Cl)N(Cc1ccccc1)C[C@H](O)[C@@H](O)[C@H](O)[C@H](O)CO. The van der Waals surface area contributed by atoms with Crippen molar-refractivity contribution in [3.63, 3.8) is 0 Å². The lowest BCUT2D eigenvalue weighted by molar-refractivity contribution is -0.140. The van der Waals surface area contributed by atoms with Gasteiger partial charge in [0, 0.05) is 53.1 Å². The first-order chi connectivity index (χ1) is 26.1. The van der Waals surface area contributed by atoms with E-state index < -0.39 is 36.6 Å². The standard InChI is InChI=1S/C42H48Cl2N2O8/c43-34-21-29(26-53-42(17-18-42)33-22-45-19-16-31(33)32-11-5-6-12-38(32)54-30-14-15-30)35(44)20-28(34)10-4-7-13-39(50)46(23-27-8-2-1-3-9-27)24-36(48)40(51)41(52)37(49)25-47/h1-3,5-6,8-9,11-12,16,19-22,30,36-37,40-41,47-49,51-52H,4,7,10,13-15,17-18,23-26H2/t36-,37+,40+,41+/m0/s1. The van der Waals surface area contributed by atoms with Crippen LogP contribution in [0.25, 0.3) is 11.1 Å². The fraction of sp³-hybridized carbons (Fsp3) is 0.429. The number of carbonyl (C=O) groups excluding carboxylic acids is 1. The van der Waals surface area contributed by atoms with E-state index >= 15 is 0 Å². The number of para-hydroxylation sites is 1. The third-order valence-corrected chi connectivity index (χ3v) is 10.8. The summed E-state index contributed by atoms with van der Waals surface area (Å²) in [6.45, 7) is -0.613. The molecule has 0 unspecified atom stereocenters. The van der Waals surface area contributed by atoms with Crippen LogP contribution in [0, 0.1) is 0 Å². The molecule has 6 rings (SSSR count). The molecule has 10 nitrogen and oxygen atoms in total. The maximum absolute atomic E-state index is 13.4. The molecule has 5 N–H and O–H groups in total. The molecular weight excluding hydrogens is 731 g/mol. The van der Waals surface area contributed by atoms with E-state index in [1.807, 2.05) is 72.9 Å². The van der Waals surface area contributed by atoms with Gasteiger partial charge in [-0.15, -0.1) is 0 Å². The number of pyridine rings is 1. The molecule has 0 saturated heterocycles. The highest BCUT2D eigenvalue weighted by atomic mass is 35.5. The lowest BCUT2D eigenvalue weighted by Crippen LogP contribution is -2.50. The second-order valence-corrected chi connectivity index (χ2v) is 15.1. The van der Waals surface area contributed by atoms with Crippen LogP contribution < -0.4 is 4.74 Å². The van der Waals surface area contributed by atoms with Crippen molar-refractivity contribution < 1.29 is 39.8 Å². The number of ether oxygens (including phenoxy) is 2. The summed E-state index contributed by atoms with van der Waals surface area (Å²) in [6, 6.07) is 23.1. The zero-order valence-corrected chi connectivity index (χ0v) is 31.6. The third-order valence-electron chi connectivity index (χ3n) is 10.1. The molecule has 12 heteroatoms. The number of hydrogen-bond donors (Lipinski definition) is 5. The lowest BCUT2D eigenvalue weighted by Gasteiger charge is -2.30. The van der Waals surface area contributed by atoms with Crippen LogP contribution in [-0.2, 0) is 34.7 Å². The second-order valence-electron chi connectivity index (χ2n) is 14.3. The Hall–Kier alpha value is -3.58. The Morgan fingerprint density at radius 2 is 1.56 bits per heavy atom. The number of aliphatic hydroxyl groups is 5. The Morgan fingerprint density at radius 3 is 2.28 bits per heavy atom. The summed E-state index contributed by atoms with van der Waals surface area (Å²) < 4.78 is 12.8. The summed E-state index contributed by atoms with van der Waals surface area (Å²) in [5.74, 6) is 0.623. The Balaban J connectivity index is 1.05. The van der Waals surface area contributed by atoms with E-state index in [1.165, 1.54) is 4.90 Å². The van der Waals surface area contributed by atoms with Crippen molar-refractivity contribution >= 4 is 29.1 Å². The number of amides is 1.